The molecule has 0 aliphatic heterocycles. The van der Waals surface area contributed by atoms with Crippen molar-refractivity contribution < 1.29 is 27.8 Å². The van der Waals surface area contributed by atoms with Crippen molar-refractivity contribution in [2.24, 2.45) is 0 Å². The first-order valence-electron chi connectivity index (χ1n) is 9.17. The second kappa shape index (κ2) is 9.65. The lowest BCUT2D eigenvalue weighted by Crippen LogP contribution is -2.31. The second-order valence-corrected chi connectivity index (χ2v) is 6.39. The molecule has 3 aromatic carbocycles. The highest BCUT2D eigenvalue weighted by atomic mass is 19.1. The van der Waals surface area contributed by atoms with Crippen molar-refractivity contribution in [3.8, 4) is 5.75 Å². The Morgan fingerprint density at radius 3 is 2.23 bits per heavy atom. The van der Waals surface area contributed by atoms with Crippen LogP contribution in [0.15, 0.2) is 72.8 Å². The number of hydrogen-bond acceptors (Lipinski definition) is 4. The molecule has 0 aliphatic carbocycles. The van der Waals surface area contributed by atoms with Crippen molar-refractivity contribution in [1.29, 1.82) is 0 Å². The summed E-state index contributed by atoms with van der Waals surface area (Å²) >= 11 is 0. The quantitative estimate of drug-likeness (QED) is 0.571. The van der Waals surface area contributed by atoms with E-state index in [1.807, 2.05) is 18.2 Å². The zero-order chi connectivity index (χ0) is 21.5. The molecule has 0 unspecified atom stereocenters. The van der Waals surface area contributed by atoms with E-state index in [0.717, 1.165) is 12.1 Å². The Kier molecular flexibility index (Phi) is 6.75. The maximum atomic E-state index is 13.7. The third kappa shape index (κ3) is 5.20. The normalized spacial score (nSPS) is 11.4. The molecule has 0 spiro atoms. The van der Waals surface area contributed by atoms with Gasteiger partial charge < -0.3 is 14.8 Å². The minimum Gasteiger partial charge on any atom is -0.489 e. The zero-order valence-corrected chi connectivity index (χ0v) is 16.1. The molecule has 3 rings (SSSR count). The van der Waals surface area contributed by atoms with Crippen molar-refractivity contribution >= 4 is 17.6 Å². The lowest BCUT2D eigenvalue weighted by atomic mass is 10.1. The van der Waals surface area contributed by atoms with E-state index < -0.39 is 35.3 Å². The van der Waals surface area contributed by atoms with Crippen LogP contribution >= 0.6 is 0 Å². The molecule has 0 aliphatic rings. The first kappa shape index (κ1) is 21.0. The Morgan fingerprint density at radius 2 is 1.53 bits per heavy atom. The number of halogens is 2. The van der Waals surface area contributed by atoms with Gasteiger partial charge in [0.15, 0.2) is 6.10 Å². The molecule has 3 aromatic rings. The Morgan fingerprint density at radius 1 is 0.900 bits per heavy atom. The minimum atomic E-state index is -1.28. The van der Waals surface area contributed by atoms with Crippen molar-refractivity contribution in [3.05, 3.63) is 95.6 Å². The van der Waals surface area contributed by atoms with Gasteiger partial charge in [-0.05, 0) is 37.3 Å². The van der Waals surface area contributed by atoms with E-state index in [1.165, 1.54) is 13.0 Å². The van der Waals surface area contributed by atoms with Crippen LogP contribution in [-0.2, 0) is 16.1 Å². The third-order valence-electron chi connectivity index (χ3n) is 4.24. The molecule has 0 heterocycles. The van der Waals surface area contributed by atoms with Gasteiger partial charge in [-0.25, -0.2) is 13.6 Å². The molecule has 0 bridgehead atoms. The van der Waals surface area contributed by atoms with Crippen LogP contribution < -0.4 is 10.1 Å². The van der Waals surface area contributed by atoms with Crippen LogP contribution in [0.3, 0.4) is 0 Å². The number of para-hydroxylation sites is 2. The lowest BCUT2D eigenvalue weighted by molar-refractivity contribution is -0.123. The van der Waals surface area contributed by atoms with E-state index >= 15 is 0 Å². The standard InChI is InChI=1S/C23H19F2NO4/c1-15(22(27)26-21-19(24)12-7-13-20(21)25)30-23(28)18-11-6-5-8-16(18)14-29-17-9-3-2-4-10-17/h2-13,15H,14H2,1H3,(H,26,27)/t15-/m0/s1. The van der Waals surface area contributed by atoms with Crippen LogP contribution in [0.2, 0.25) is 0 Å². The maximum absolute atomic E-state index is 13.7. The Hall–Kier alpha value is -3.74. The summed E-state index contributed by atoms with van der Waals surface area (Å²) in [6.45, 7) is 1.44. The molecule has 0 saturated heterocycles. The highest BCUT2D eigenvalue weighted by molar-refractivity contribution is 5.98. The van der Waals surface area contributed by atoms with E-state index in [0.29, 0.717) is 11.3 Å². The third-order valence-corrected chi connectivity index (χ3v) is 4.24. The summed E-state index contributed by atoms with van der Waals surface area (Å²) in [6.07, 6.45) is -1.28. The summed E-state index contributed by atoms with van der Waals surface area (Å²) in [5.41, 5.74) is 0.200. The molecule has 154 valence electrons. The minimum absolute atomic E-state index is 0.121. The molecule has 1 N–H and O–H groups in total. The van der Waals surface area contributed by atoms with E-state index in [9.17, 15) is 18.4 Å². The van der Waals surface area contributed by atoms with Crippen LogP contribution in [0.25, 0.3) is 0 Å². The molecule has 0 radical (unpaired) electrons. The van der Waals surface area contributed by atoms with E-state index in [2.05, 4.69) is 5.32 Å². The van der Waals surface area contributed by atoms with Crippen molar-refractivity contribution in [1.82, 2.24) is 0 Å². The predicted octanol–water partition coefficient (Wildman–Crippen LogP) is 4.73. The first-order valence-corrected chi connectivity index (χ1v) is 9.17. The maximum Gasteiger partial charge on any atom is 0.339 e. The van der Waals surface area contributed by atoms with Gasteiger partial charge in [0.25, 0.3) is 5.91 Å². The van der Waals surface area contributed by atoms with Crippen LogP contribution in [-0.4, -0.2) is 18.0 Å². The molecule has 0 saturated carbocycles. The fraction of sp³-hybridized carbons (Fsp3) is 0.130. The molecule has 0 aromatic heterocycles. The SMILES string of the molecule is C[C@H](OC(=O)c1ccccc1COc1ccccc1)C(=O)Nc1c(F)cccc1F. The number of anilines is 1. The summed E-state index contributed by atoms with van der Waals surface area (Å²) in [7, 11) is 0. The smallest absolute Gasteiger partial charge is 0.339 e. The molecule has 1 amide bonds. The number of rotatable bonds is 7. The highest BCUT2D eigenvalue weighted by Gasteiger charge is 2.23. The summed E-state index contributed by atoms with van der Waals surface area (Å²) in [4.78, 5) is 24.8. The van der Waals surface area contributed by atoms with Crippen LogP contribution in [0.4, 0.5) is 14.5 Å². The number of ether oxygens (including phenoxy) is 2. The average molecular weight is 411 g/mol. The first-order chi connectivity index (χ1) is 14.5. The zero-order valence-electron chi connectivity index (χ0n) is 16.1. The molecule has 0 fully saturated rings. The van der Waals surface area contributed by atoms with Gasteiger partial charge in [0.05, 0.1) is 5.56 Å². The average Bonchev–Trinajstić information content (AvgIpc) is 2.75. The Labute approximate surface area is 172 Å². The van der Waals surface area contributed by atoms with Gasteiger partial charge in [0.2, 0.25) is 0 Å². The molecule has 30 heavy (non-hydrogen) atoms. The lowest BCUT2D eigenvalue weighted by Gasteiger charge is -2.16. The van der Waals surface area contributed by atoms with Crippen LogP contribution in [0.5, 0.6) is 5.75 Å². The second-order valence-electron chi connectivity index (χ2n) is 6.39. The van der Waals surface area contributed by atoms with Crippen molar-refractivity contribution in [3.63, 3.8) is 0 Å². The molecular weight excluding hydrogens is 392 g/mol. The van der Waals surface area contributed by atoms with Gasteiger partial charge in [-0.1, -0.05) is 42.5 Å². The van der Waals surface area contributed by atoms with Gasteiger partial charge >= 0.3 is 5.97 Å². The van der Waals surface area contributed by atoms with Gasteiger partial charge in [0, 0.05) is 5.56 Å². The van der Waals surface area contributed by atoms with Crippen molar-refractivity contribution in [2.45, 2.75) is 19.6 Å². The van der Waals surface area contributed by atoms with Crippen LogP contribution in [0, 0.1) is 11.6 Å². The van der Waals surface area contributed by atoms with Crippen molar-refractivity contribution in [2.75, 3.05) is 5.32 Å². The Balaban J connectivity index is 1.66. The molecule has 7 heteroatoms. The van der Waals surface area contributed by atoms with Gasteiger partial charge in [-0.2, -0.15) is 0 Å². The largest absolute Gasteiger partial charge is 0.489 e. The van der Waals surface area contributed by atoms with E-state index in [1.54, 1.807) is 36.4 Å². The van der Waals surface area contributed by atoms with E-state index in [-0.39, 0.29) is 12.2 Å². The summed E-state index contributed by atoms with van der Waals surface area (Å²) in [5.74, 6) is -2.82. The summed E-state index contributed by atoms with van der Waals surface area (Å²) < 4.78 is 38.3. The number of esters is 1. The number of carbonyl (C=O) groups is 2. The molecule has 1 atom stereocenters. The molecular formula is C23H19F2NO4. The fourth-order valence-corrected chi connectivity index (χ4v) is 2.64. The number of benzene rings is 3. The monoisotopic (exact) mass is 411 g/mol. The number of nitrogens with one attached hydrogen (secondary N) is 1. The number of hydrogen-bond donors (Lipinski definition) is 1. The van der Waals surface area contributed by atoms with Gasteiger partial charge in [0.1, 0.15) is 29.7 Å². The van der Waals surface area contributed by atoms with Gasteiger partial charge in [-0.3, -0.25) is 4.79 Å². The number of amides is 1. The highest BCUT2D eigenvalue weighted by Crippen LogP contribution is 2.19. The molecule has 5 nitrogen and oxygen atoms in total. The number of carbonyl (C=O) groups excluding carboxylic acids is 2. The summed E-state index contributed by atoms with van der Waals surface area (Å²) in [6, 6.07) is 18.9. The summed E-state index contributed by atoms with van der Waals surface area (Å²) in [5, 5.41) is 2.11. The predicted molar refractivity (Wildman–Crippen MR) is 107 cm³/mol. The Bertz CT molecular complexity index is 1020. The van der Waals surface area contributed by atoms with E-state index in [4.69, 9.17) is 9.47 Å². The fourth-order valence-electron chi connectivity index (χ4n) is 2.64. The topological polar surface area (TPSA) is 64.6 Å². The van der Waals surface area contributed by atoms with Gasteiger partial charge in [-0.15, -0.1) is 0 Å². The van der Waals surface area contributed by atoms with Crippen LogP contribution in [0.1, 0.15) is 22.8 Å².